The number of rotatable bonds is 5. The molecule has 5 atom stereocenters. The van der Waals surface area contributed by atoms with E-state index in [1.54, 1.807) is 0 Å². The molecule has 27 heavy (non-hydrogen) atoms. The van der Waals surface area contributed by atoms with Gasteiger partial charge in [0, 0.05) is 19.8 Å². The van der Waals surface area contributed by atoms with Crippen LogP contribution < -0.4 is 5.32 Å². The summed E-state index contributed by atoms with van der Waals surface area (Å²) in [5, 5.41) is 2.53. The molecule has 1 heterocycles. The fourth-order valence-electron chi connectivity index (χ4n) is 4.12. The summed E-state index contributed by atoms with van der Waals surface area (Å²) in [6.07, 6.45) is 1.67. The lowest BCUT2D eigenvalue weighted by Crippen LogP contribution is -2.52. The van der Waals surface area contributed by atoms with E-state index in [0.29, 0.717) is 12.8 Å². The molecule has 0 aromatic rings. The molecule has 3 fully saturated rings. The van der Waals surface area contributed by atoms with Crippen molar-refractivity contribution in [1.29, 1.82) is 0 Å². The van der Waals surface area contributed by atoms with E-state index in [1.807, 2.05) is 0 Å². The van der Waals surface area contributed by atoms with Gasteiger partial charge in [-0.15, -0.1) is 0 Å². The molecule has 2 saturated carbocycles. The topological polar surface area (TPSA) is 134 Å². The molecule has 10 nitrogen and oxygen atoms in total. The standard InChI is InChI=1S/C15H25NO9S2/c1-9(17)16-10-11(24-26(2,18)19)13-14(12(10)25-27(3,20)21)23-15(22-13)7-5-4-6-8-15/h10-14H,4-8H2,1-3H3,(H,16,17)/t10?,11-,12+,13+,14-. The number of amides is 1. The molecule has 2 aliphatic carbocycles. The van der Waals surface area contributed by atoms with Gasteiger partial charge in [-0.2, -0.15) is 16.8 Å². The van der Waals surface area contributed by atoms with E-state index >= 15 is 0 Å². The molecule has 0 radical (unpaired) electrons. The summed E-state index contributed by atoms with van der Waals surface area (Å²) >= 11 is 0. The quantitative estimate of drug-likeness (QED) is 0.584. The summed E-state index contributed by atoms with van der Waals surface area (Å²) in [7, 11) is -7.83. The highest BCUT2D eigenvalue weighted by molar-refractivity contribution is 7.86. The van der Waals surface area contributed by atoms with Crippen LogP contribution in [0.1, 0.15) is 39.0 Å². The molecule has 0 bridgehead atoms. The minimum absolute atomic E-state index is 0.489. The van der Waals surface area contributed by atoms with E-state index in [-0.39, 0.29) is 0 Å². The smallest absolute Gasteiger partial charge is 0.264 e. The monoisotopic (exact) mass is 427 g/mol. The minimum atomic E-state index is -3.92. The molecule has 156 valence electrons. The van der Waals surface area contributed by atoms with E-state index in [9.17, 15) is 21.6 Å². The van der Waals surface area contributed by atoms with Crippen LogP contribution in [0.25, 0.3) is 0 Å². The van der Waals surface area contributed by atoms with E-state index in [2.05, 4.69) is 5.32 Å². The predicted molar refractivity (Wildman–Crippen MR) is 92.6 cm³/mol. The summed E-state index contributed by atoms with van der Waals surface area (Å²) in [6, 6.07) is -1.07. The summed E-state index contributed by atoms with van der Waals surface area (Å²) < 4.78 is 69.7. The van der Waals surface area contributed by atoms with Crippen molar-refractivity contribution in [2.45, 2.75) is 75.3 Å². The maximum Gasteiger partial charge on any atom is 0.264 e. The number of carbonyl (C=O) groups excluding carboxylic acids is 1. The number of hydrogen-bond donors (Lipinski definition) is 1. The highest BCUT2D eigenvalue weighted by Crippen LogP contribution is 2.47. The fraction of sp³-hybridized carbons (Fsp3) is 0.933. The second-order valence-electron chi connectivity index (χ2n) is 7.39. The van der Waals surface area contributed by atoms with Gasteiger partial charge in [0.05, 0.1) is 18.6 Å². The third-order valence-electron chi connectivity index (χ3n) is 4.94. The molecule has 3 rings (SSSR count). The molecule has 1 unspecified atom stereocenters. The van der Waals surface area contributed by atoms with Crippen molar-refractivity contribution in [2.75, 3.05) is 12.5 Å². The number of fused-ring (bicyclic) bond motifs is 1. The van der Waals surface area contributed by atoms with Crippen molar-refractivity contribution in [1.82, 2.24) is 5.32 Å². The van der Waals surface area contributed by atoms with Crippen molar-refractivity contribution >= 4 is 26.1 Å². The third kappa shape index (κ3) is 4.80. The Morgan fingerprint density at radius 2 is 1.37 bits per heavy atom. The lowest BCUT2D eigenvalue weighted by Gasteiger charge is -2.35. The van der Waals surface area contributed by atoms with E-state index in [1.165, 1.54) is 6.92 Å². The van der Waals surface area contributed by atoms with Gasteiger partial charge in [-0.1, -0.05) is 6.42 Å². The SMILES string of the molecule is CC(=O)NC1[C@@H](OS(C)(=O)=O)[C@@H]2OC3(CCCCC3)O[C@@H]2[C@H]1OS(C)(=O)=O. The van der Waals surface area contributed by atoms with Crippen LogP contribution in [0.5, 0.6) is 0 Å². The van der Waals surface area contributed by atoms with Crippen LogP contribution in [0.2, 0.25) is 0 Å². The van der Waals surface area contributed by atoms with Crippen LogP contribution in [-0.4, -0.2) is 71.5 Å². The van der Waals surface area contributed by atoms with Gasteiger partial charge in [-0.3, -0.25) is 13.2 Å². The Bertz CT molecular complexity index is 736. The Hall–Kier alpha value is -0.790. The Morgan fingerprint density at radius 1 is 0.926 bits per heavy atom. The van der Waals surface area contributed by atoms with Crippen molar-refractivity contribution in [2.24, 2.45) is 0 Å². The van der Waals surface area contributed by atoms with Gasteiger partial charge < -0.3 is 14.8 Å². The first-order valence-corrected chi connectivity index (χ1v) is 12.4. The minimum Gasteiger partial charge on any atom is -0.348 e. The number of carbonyl (C=O) groups is 1. The zero-order valence-corrected chi connectivity index (χ0v) is 17.0. The molecule has 0 aromatic carbocycles. The highest BCUT2D eigenvalue weighted by Gasteiger charge is 2.64. The predicted octanol–water partition coefficient (Wildman–Crippen LogP) is -0.361. The van der Waals surface area contributed by atoms with Crippen LogP contribution in [-0.2, 0) is 42.9 Å². The van der Waals surface area contributed by atoms with Crippen molar-refractivity contribution < 1.29 is 39.5 Å². The molecule has 1 N–H and O–H groups in total. The third-order valence-corrected chi connectivity index (χ3v) is 6.08. The molecule has 1 amide bonds. The zero-order chi connectivity index (χ0) is 20.0. The molecule has 1 saturated heterocycles. The second kappa shape index (κ2) is 7.23. The van der Waals surface area contributed by atoms with Gasteiger partial charge in [0.15, 0.2) is 5.79 Å². The Labute approximate surface area is 159 Å². The summed E-state index contributed by atoms with van der Waals surface area (Å²) in [5.41, 5.74) is 0. The van der Waals surface area contributed by atoms with Gasteiger partial charge in [-0.25, -0.2) is 0 Å². The number of ether oxygens (including phenoxy) is 2. The first kappa shape index (κ1) is 20.9. The van der Waals surface area contributed by atoms with Crippen LogP contribution in [0.4, 0.5) is 0 Å². The maximum atomic E-state index is 11.8. The van der Waals surface area contributed by atoms with Crippen LogP contribution >= 0.6 is 0 Å². The van der Waals surface area contributed by atoms with E-state index in [0.717, 1.165) is 31.8 Å². The Balaban J connectivity index is 1.96. The molecule has 0 aromatic heterocycles. The maximum absolute atomic E-state index is 11.8. The molecule has 3 aliphatic rings. The first-order valence-electron chi connectivity index (χ1n) is 8.78. The van der Waals surface area contributed by atoms with E-state index in [4.69, 9.17) is 17.8 Å². The number of nitrogens with one attached hydrogen (secondary N) is 1. The molecular formula is C15H25NO9S2. The average molecular weight is 427 g/mol. The molecule has 1 spiro atoms. The van der Waals surface area contributed by atoms with Gasteiger partial charge in [0.1, 0.15) is 24.4 Å². The molecule has 1 aliphatic heterocycles. The van der Waals surface area contributed by atoms with E-state index < -0.39 is 62.4 Å². The van der Waals surface area contributed by atoms with Crippen LogP contribution in [0.15, 0.2) is 0 Å². The lowest BCUT2D eigenvalue weighted by atomic mass is 9.94. The van der Waals surface area contributed by atoms with Gasteiger partial charge >= 0.3 is 0 Å². The number of hydrogen-bond acceptors (Lipinski definition) is 9. The lowest BCUT2D eigenvalue weighted by molar-refractivity contribution is -0.212. The van der Waals surface area contributed by atoms with Crippen molar-refractivity contribution in [3.8, 4) is 0 Å². The van der Waals surface area contributed by atoms with Crippen LogP contribution in [0.3, 0.4) is 0 Å². The largest absolute Gasteiger partial charge is 0.348 e. The first-order chi connectivity index (χ1) is 12.4. The fourth-order valence-corrected chi connectivity index (χ4v) is 5.39. The highest BCUT2D eigenvalue weighted by atomic mass is 32.2. The van der Waals surface area contributed by atoms with Crippen molar-refractivity contribution in [3.05, 3.63) is 0 Å². The van der Waals surface area contributed by atoms with Gasteiger partial charge in [0.2, 0.25) is 5.91 Å². The second-order valence-corrected chi connectivity index (χ2v) is 10.6. The zero-order valence-electron chi connectivity index (χ0n) is 15.4. The Morgan fingerprint density at radius 3 is 1.74 bits per heavy atom. The molecular weight excluding hydrogens is 402 g/mol. The summed E-state index contributed by atoms with van der Waals surface area (Å²) in [6.45, 7) is 1.23. The van der Waals surface area contributed by atoms with Crippen molar-refractivity contribution in [3.63, 3.8) is 0 Å². The average Bonchev–Trinajstić information content (AvgIpc) is 2.95. The van der Waals surface area contributed by atoms with Crippen LogP contribution in [0, 0.1) is 0 Å². The Kier molecular flexibility index (Phi) is 5.60. The normalized spacial score (nSPS) is 35.9. The summed E-state index contributed by atoms with van der Waals surface area (Å²) in [5.74, 6) is -1.40. The molecule has 12 heteroatoms. The van der Waals surface area contributed by atoms with Gasteiger partial charge in [-0.05, 0) is 12.8 Å². The summed E-state index contributed by atoms with van der Waals surface area (Å²) in [4.78, 5) is 11.6. The van der Waals surface area contributed by atoms with Gasteiger partial charge in [0.25, 0.3) is 20.2 Å².